The normalized spacial score (nSPS) is 18.1. The summed E-state index contributed by atoms with van der Waals surface area (Å²) in [4.78, 5) is 0. The molecule has 0 aromatic heterocycles. The molecular formula is C13H19N. The van der Waals surface area contributed by atoms with Gasteiger partial charge in [0, 0.05) is 0 Å². The molecule has 0 bridgehead atoms. The summed E-state index contributed by atoms with van der Waals surface area (Å²) in [6.07, 6.45) is 3.95. The van der Waals surface area contributed by atoms with Crippen LogP contribution < -0.4 is 5.73 Å². The summed E-state index contributed by atoms with van der Waals surface area (Å²) in [5.74, 6) is 1.64. The summed E-state index contributed by atoms with van der Waals surface area (Å²) in [7, 11) is 0. The summed E-state index contributed by atoms with van der Waals surface area (Å²) in [6, 6.07) is 8.90. The number of rotatable bonds is 4. The molecule has 1 aromatic carbocycles. The van der Waals surface area contributed by atoms with Crippen molar-refractivity contribution in [3.05, 3.63) is 35.4 Å². The molecule has 0 amide bonds. The van der Waals surface area contributed by atoms with Crippen LogP contribution in [0.25, 0.3) is 0 Å². The minimum Gasteiger partial charge on any atom is -0.330 e. The van der Waals surface area contributed by atoms with Gasteiger partial charge in [-0.25, -0.2) is 0 Å². The highest BCUT2D eigenvalue weighted by Crippen LogP contribution is 2.44. The maximum atomic E-state index is 5.67. The van der Waals surface area contributed by atoms with Crippen LogP contribution in [0.5, 0.6) is 0 Å². The third-order valence-corrected chi connectivity index (χ3v) is 3.14. The van der Waals surface area contributed by atoms with Crippen LogP contribution in [0.15, 0.2) is 24.3 Å². The molecule has 0 aliphatic heterocycles. The second-order valence-electron chi connectivity index (χ2n) is 4.44. The van der Waals surface area contributed by atoms with Gasteiger partial charge < -0.3 is 5.73 Å². The number of hydrogen-bond donors (Lipinski definition) is 1. The quantitative estimate of drug-likeness (QED) is 0.774. The topological polar surface area (TPSA) is 26.0 Å². The lowest BCUT2D eigenvalue weighted by Gasteiger charge is -2.16. The van der Waals surface area contributed by atoms with Crippen LogP contribution in [0, 0.1) is 12.8 Å². The molecule has 1 saturated carbocycles. The predicted octanol–water partition coefficient (Wildman–Crippen LogP) is 2.84. The van der Waals surface area contributed by atoms with Gasteiger partial charge in [-0.3, -0.25) is 0 Å². The van der Waals surface area contributed by atoms with Gasteiger partial charge in [-0.05, 0) is 50.1 Å². The maximum absolute atomic E-state index is 5.67. The van der Waals surface area contributed by atoms with Crippen molar-refractivity contribution in [2.45, 2.75) is 32.1 Å². The highest BCUT2D eigenvalue weighted by atomic mass is 14.5. The van der Waals surface area contributed by atoms with Gasteiger partial charge in [-0.15, -0.1) is 0 Å². The molecule has 2 rings (SSSR count). The van der Waals surface area contributed by atoms with Gasteiger partial charge in [0.1, 0.15) is 0 Å². The van der Waals surface area contributed by atoms with Crippen molar-refractivity contribution in [3.8, 4) is 0 Å². The standard InChI is InChI=1S/C13H19N/c1-10-3-2-4-12(9-10)13(7-8-14)11-5-6-11/h2-4,9,11,13H,5-8,14H2,1H3. The summed E-state index contributed by atoms with van der Waals surface area (Å²) in [5, 5.41) is 0. The van der Waals surface area contributed by atoms with Gasteiger partial charge in [0.15, 0.2) is 0 Å². The smallest absolute Gasteiger partial charge is 0.00713 e. The van der Waals surface area contributed by atoms with E-state index in [2.05, 4.69) is 31.2 Å². The fraction of sp³-hybridized carbons (Fsp3) is 0.538. The Morgan fingerprint density at radius 2 is 2.21 bits per heavy atom. The highest BCUT2D eigenvalue weighted by molar-refractivity contribution is 5.27. The average Bonchev–Trinajstić information content (AvgIpc) is 2.97. The van der Waals surface area contributed by atoms with E-state index in [1.165, 1.54) is 24.0 Å². The first-order valence-electron chi connectivity index (χ1n) is 5.58. The number of aryl methyl sites for hydroxylation is 1. The monoisotopic (exact) mass is 189 g/mol. The Hall–Kier alpha value is -0.820. The van der Waals surface area contributed by atoms with Crippen molar-refractivity contribution >= 4 is 0 Å². The molecule has 1 nitrogen and oxygen atoms in total. The molecule has 0 radical (unpaired) electrons. The molecule has 1 aromatic rings. The molecule has 0 heterocycles. The second kappa shape index (κ2) is 4.14. The Bertz CT molecular complexity index is 302. The van der Waals surface area contributed by atoms with E-state index in [1.54, 1.807) is 0 Å². The first kappa shape index (κ1) is 9.72. The van der Waals surface area contributed by atoms with Gasteiger partial charge in [-0.1, -0.05) is 29.8 Å². The van der Waals surface area contributed by atoms with Crippen molar-refractivity contribution in [3.63, 3.8) is 0 Å². The van der Waals surface area contributed by atoms with Crippen LogP contribution in [-0.4, -0.2) is 6.54 Å². The molecule has 1 unspecified atom stereocenters. The predicted molar refractivity (Wildman–Crippen MR) is 60.3 cm³/mol. The lowest BCUT2D eigenvalue weighted by Crippen LogP contribution is -2.09. The third kappa shape index (κ3) is 2.16. The molecular weight excluding hydrogens is 170 g/mol. The van der Waals surface area contributed by atoms with E-state index in [0.29, 0.717) is 0 Å². The molecule has 1 atom stereocenters. The Balaban J connectivity index is 2.16. The van der Waals surface area contributed by atoms with Gasteiger partial charge >= 0.3 is 0 Å². The van der Waals surface area contributed by atoms with Gasteiger partial charge in [-0.2, -0.15) is 0 Å². The minimum absolute atomic E-state index is 0.722. The van der Waals surface area contributed by atoms with Crippen LogP contribution in [0.3, 0.4) is 0 Å². The van der Waals surface area contributed by atoms with E-state index >= 15 is 0 Å². The van der Waals surface area contributed by atoms with Gasteiger partial charge in [0.25, 0.3) is 0 Å². The Morgan fingerprint density at radius 1 is 1.43 bits per heavy atom. The molecule has 1 fully saturated rings. The van der Waals surface area contributed by atoms with E-state index in [-0.39, 0.29) is 0 Å². The first-order valence-corrected chi connectivity index (χ1v) is 5.58. The average molecular weight is 189 g/mol. The molecule has 1 heteroatoms. The van der Waals surface area contributed by atoms with Crippen LogP contribution in [0.4, 0.5) is 0 Å². The zero-order chi connectivity index (χ0) is 9.97. The number of benzene rings is 1. The van der Waals surface area contributed by atoms with Crippen LogP contribution >= 0.6 is 0 Å². The van der Waals surface area contributed by atoms with Gasteiger partial charge in [0.05, 0.1) is 0 Å². The van der Waals surface area contributed by atoms with Crippen molar-refractivity contribution in [1.82, 2.24) is 0 Å². The lowest BCUT2D eigenvalue weighted by molar-refractivity contribution is 0.565. The number of hydrogen-bond acceptors (Lipinski definition) is 1. The Morgan fingerprint density at radius 3 is 2.79 bits per heavy atom. The minimum atomic E-state index is 0.722. The summed E-state index contributed by atoms with van der Waals surface area (Å²) in [5.41, 5.74) is 8.53. The number of nitrogens with two attached hydrogens (primary N) is 1. The summed E-state index contributed by atoms with van der Waals surface area (Å²) < 4.78 is 0. The maximum Gasteiger partial charge on any atom is -0.00713 e. The van der Waals surface area contributed by atoms with E-state index in [9.17, 15) is 0 Å². The molecule has 76 valence electrons. The van der Waals surface area contributed by atoms with Crippen molar-refractivity contribution in [1.29, 1.82) is 0 Å². The van der Waals surface area contributed by atoms with Crippen LogP contribution in [0.2, 0.25) is 0 Å². The fourth-order valence-corrected chi connectivity index (χ4v) is 2.25. The highest BCUT2D eigenvalue weighted by Gasteiger charge is 2.31. The molecule has 0 saturated heterocycles. The summed E-state index contributed by atoms with van der Waals surface area (Å²) >= 11 is 0. The van der Waals surface area contributed by atoms with E-state index in [0.717, 1.165) is 24.8 Å². The van der Waals surface area contributed by atoms with Crippen LogP contribution in [0.1, 0.15) is 36.3 Å². The Kier molecular flexibility index (Phi) is 2.87. The molecule has 1 aliphatic rings. The molecule has 14 heavy (non-hydrogen) atoms. The van der Waals surface area contributed by atoms with Gasteiger partial charge in [0.2, 0.25) is 0 Å². The SMILES string of the molecule is Cc1cccc(C(CCN)C2CC2)c1. The lowest BCUT2D eigenvalue weighted by atomic mass is 9.90. The van der Waals surface area contributed by atoms with Crippen LogP contribution in [-0.2, 0) is 0 Å². The molecule has 0 spiro atoms. The zero-order valence-electron chi connectivity index (χ0n) is 8.87. The van der Waals surface area contributed by atoms with Crippen molar-refractivity contribution in [2.75, 3.05) is 6.54 Å². The molecule has 2 N–H and O–H groups in total. The van der Waals surface area contributed by atoms with E-state index < -0.39 is 0 Å². The largest absolute Gasteiger partial charge is 0.330 e. The molecule has 1 aliphatic carbocycles. The van der Waals surface area contributed by atoms with Crippen molar-refractivity contribution < 1.29 is 0 Å². The van der Waals surface area contributed by atoms with E-state index in [1.807, 2.05) is 0 Å². The van der Waals surface area contributed by atoms with Crippen molar-refractivity contribution in [2.24, 2.45) is 11.7 Å². The van der Waals surface area contributed by atoms with E-state index in [4.69, 9.17) is 5.73 Å². The second-order valence-corrected chi connectivity index (χ2v) is 4.44. The first-order chi connectivity index (χ1) is 6.81. The summed E-state index contributed by atoms with van der Waals surface area (Å²) in [6.45, 7) is 2.98. The Labute approximate surface area is 86.3 Å². The zero-order valence-corrected chi connectivity index (χ0v) is 8.87. The fourth-order valence-electron chi connectivity index (χ4n) is 2.25. The third-order valence-electron chi connectivity index (χ3n) is 3.14.